The fourth-order valence-electron chi connectivity index (χ4n) is 5.19. The van der Waals surface area contributed by atoms with Gasteiger partial charge in [-0.25, -0.2) is 14.6 Å². The van der Waals surface area contributed by atoms with Crippen LogP contribution in [0.15, 0.2) is 23.0 Å². The Kier molecular flexibility index (Phi) is 4.86. The summed E-state index contributed by atoms with van der Waals surface area (Å²) < 4.78 is 23.1. The molecule has 0 bridgehead atoms. The van der Waals surface area contributed by atoms with Gasteiger partial charge in [0.1, 0.15) is 6.61 Å². The van der Waals surface area contributed by atoms with Gasteiger partial charge in [-0.3, -0.25) is 4.79 Å². The van der Waals surface area contributed by atoms with E-state index in [0.29, 0.717) is 29.4 Å². The zero-order valence-electron chi connectivity index (χ0n) is 19.1. The van der Waals surface area contributed by atoms with Crippen LogP contribution in [0.5, 0.6) is 11.5 Å². The number of fused-ring (bicyclic) bond motifs is 6. The van der Waals surface area contributed by atoms with Crippen molar-refractivity contribution in [3.8, 4) is 22.9 Å². The first kappa shape index (κ1) is 22.0. The van der Waals surface area contributed by atoms with Gasteiger partial charge in [-0.15, -0.1) is 0 Å². The molecule has 0 radical (unpaired) electrons. The molecular formula is C24H20BClN2O7. The number of benzene rings is 1. The third kappa shape index (κ3) is 3.16. The lowest BCUT2D eigenvalue weighted by Gasteiger charge is -2.33. The van der Waals surface area contributed by atoms with Gasteiger partial charge in [0.15, 0.2) is 24.8 Å². The molecule has 6 rings (SSSR count). The zero-order chi connectivity index (χ0) is 24.5. The number of esters is 1. The Labute approximate surface area is 205 Å². The molecule has 2 aromatic heterocycles. The third-order valence-electron chi connectivity index (χ3n) is 6.97. The summed E-state index contributed by atoms with van der Waals surface area (Å²) in [6.07, 6.45) is 2.78. The Balaban J connectivity index is 1.61. The van der Waals surface area contributed by atoms with Gasteiger partial charge >= 0.3 is 11.4 Å². The molecule has 1 aromatic carbocycles. The predicted molar refractivity (Wildman–Crippen MR) is 128 cm³/mol. The first-order valence-corrected chi connectivity index (χ1v) is 11.8. The Morgan fingerprint density at radius 2 is 1.97 bits per heavy atom. The van der Waals surface area contributed by atoms with E-state index >= 15 is 0 Å². The first-order valence-electron chi connectivity index (χ1n) is 11.4. The van der Waals surface area contributed by atoms with E-state index in [1.54, 1.807) is 10.6 Å². The summed E-state index contributed by atoms with van der Waals surface area (Å²) in [4.78, 5) is 42.7. The topological polar surface area (TPSA) is 106 Å². The minimum atomic E-state index is -1.84. The Morgan fingerprint density at radius 1 is 1.20 bits per heavy atom. The number of hydrogen-bond acceptors (Lipinski definition) is 8. The van der Waals surface area contributed by atoms with Crippen molar-refractivity contribution in [1.82, 2.24) is 9.55 Å². The Morgan fingerprint density at radius 3 is 2.71 bits per heavy atom. The second-order valence-corrected chi connectivity index (χ2v) is 9.31. The molecule has 5 heterocycles. The summed E-state index contributed by atoms with van der Waals surface area (Å²) in [6.45, 7) is 2.42. The maximum Gasteiger partial charge on any atom is 0.404 e. The quantitative estimate of drug-likeness (QED) is 0.242. The van der Waals surface area contributed by atoms with E-state index in [9.17, 15) is 14.4 Å². The van der Waals surface area contributed by atoms with E-state index in [0.717, 1.165) is 41.3 Å². The molecule has 1 atom stereocenters. The summed E-state index contributed by atoms with van der Waals surface area (Å²) in [6, 6.07) is 5.50. The highest BCUT2D eigenvalue weighted by Crippen LogP contribution is 2.43. The molecule has 3 aliphatic rings. The summed E-state index contributed by atoms with van der Waals surface area (Å²) >= 11 is 5.47. The summed E-state index contributed by atoms with van der Waals surface area (Å²) in [7, 11) is 1.38. The summed E-state index contributed by atoms with van der Waals surface area (Å²) in [5, 5.41) is 0.964. The fourth-order valence-corrected chi connectivity index (χ4v) is 5.34. The minimum absolute atomic E-state index is 0.161. The maximum absolute atomic E-state index is 13.6. The molecule has 0 amide bonds. The molecule has 35 heavy (non-hydrogen) atoms. The van der Waals surface area contributed by atoms with Crippen LogP contribution in [-0.4, -0.2) is 35.6 Å². The van der Waals surface area contributed by atoms with Crippen molar-refractivity contribution in [3.05, 3.63) is 50.8 Å². The SMILES string of the molecule is B[C@@]1(OC(=O)Cl)C(=O)OCc2c1cc1n(c2=O)Cc2c-1nc1cc3c(cc1c2CCCC)OCO3. The van der Waals surface area contributed by atoms with Crippen LogP contribution in [0.1, 0.15) is 42.0 Å². The standard InChI is InChI=1S/C24H20BClN2O7/c1-2-3-4-11-12-5-18-19(34-10-33-18)7-16(12)27-20-13(11)8-28-17(20)6-15-14(21(28)29)9-32-22(30)24(15,25)35-23(26)31/h5-7H,2-4,8-10,25H2,1H3/t24-/m0/s1. The second kappa shape index (κ2) is 7.74. The molecule has 3 aromatic rings. The largest absolute Gasteiger partial charge is 0.458 e. The molecule has 0 N–H and O–H groups in total. The molecule has 178 valence electrons. The van der Waals surface area contributed by atoms with Crippen LogP contribution < -0.4 is 15.0 Å². The number of ether oxygens (including phenoxy) is 4. The summed E-state index contributed by atoms with van der Waals surface area (Å²) in [5.74, 6) is 0.510. The van der Waals surface area contributed by atoms with Gasteiger partial charge in [0.25, 0.3) is 5.56 Å². The van der Waals surface area contributed by atoms with E-state index in [1.807, 2.05) is 12.1 Å². The van der Waals surface area contributed by atoms with Crippen LogP contribution in [0.25, 0.3) is 22.3 Å². The van der Waals surface area contributed by atoms with Crippen molar-refractivity contribution in [2.45, 2.75) is 44.8 Å². The highest BCUT2D eigenvalue weighted by molar-refractivity contribution is 6.61. The van der Waals surface area contributed by atoms with Crippen LogP contribution in [0.2, 0.25) is 0 Å². The van der Waals surface area contributed by atoms with Crippen molar-refractivity contribution in [3.63, 3.8) is 0 Å². The second-order valence-electron chi connectivity index (χ2n) is 9.01. The van der Waals surface area contributed by atoms with Gasteiger partial charge in [0.2, 0.25) is 6.79 Å². The number of nitrogens with zero attached hydrogens (tertiary/aromatic N) is 2. The minimum Gasteiger partial charge on any atom is -0.458 e. The fraction of sp³-hybridized carbons (Fsp3) is 0.333. The molecule has 0 saturated carbocycles. The lowest BCUT2D eigenvalue weighted by atomic mass is 9.72. The van der Waals surface area contributed by atoms with Crippen molar-refractivity contribution < 1.29 is 28.5 Å². The van der Waals surface area contributed by atoms with Gasteiger partial charge in [-0.1, -0.05) is 13.3 Å². The van der Waals surface area contributed by atoms with Crippen LogP contribution in [0.3, 0.4) is 0 Å². The van der Waals surface area contributed by atoms with Gasteiger partial charge < -0.3 is 23.5 Å². The first-order chi connectivity index (χ1) is 16.8. The van der Waals surface area contributed by atoms with E-state index < -0.39 is 16.9 Å². The highest BCUT2D eigenvalue weighted by Gasteiger charge is 2.47. The molecular weight excluding hydrogens is 475 g/mol. The summed E-state index contributed by atoms with van der Waals surface area (Å²) in [5.41, 5.74) is 1.18. The number of halogens is 1. The number of hydrogen-bond donors (Lipinski definition) is 0. The lowest BCUT2D eigenvalue weighted by Crippen LogP contribution is -2.47. The van der Waals surface area contributed by atoms with Crippen LogP contribution in [0, 0.1) is 0 Å². The van der Waals surface area contributed by atoms with E-state index in [-0.39, 0.29) is 30.1 Å². The Bertz CT molecular complexity index is 1520. The van der Waals surface area contributed by atoms with Gasteiger partial charge in [-0.05, 0) is 30.5 Å². The molecule has 3 aliphatic heterocycles. The molecule has 0 unspecified atom stereocenters. The molecule has 0 saturated heterocycles. The number of unbranched alkanes of at least 4 members (excludes halogenated alkanes) is 1. The number of pyridine rings is 2. The average Bonchev–Trinajstić information content (AvgIpc) is 3.42. The zero-order valence-corrected chi connectivity index (χ0v) is 19.9. The highest BCUT2D eigenvalue weighted by atomic mass is 35.5. The normalized spacial score (nSPS) is 19.2. The number of carbonyl (C=O) groups excluding carboxylic acids is 2. The number of aromatic nitrogens is 2. The predicted octanol–water partition coefficient (Wildman–Crippen LogP) is 2.71. The van der Waals surface area contributed by atoms with Crippen LogP contribution >= 0.6 is 11.6 Å². The number of carbonyl (C=O) groups is 2. The molecule has 0 fully saturated rings. The van der Waals surface area contributed by atoms with Crippen molar-refractivity contribution in [2.24, 2.45) is 0 Å². The Hall–Kier alpha value is -3.53. The monoisotopic (exact) mass is 494 g/mol. The average molecular weight is 495 g/mol. The van der Waals surface area contributed by atoms with Crippen LogP contribution in [0.4, 0.5) is 4.79 Å². The molecule has 9 nitrogen and oxygen atoms in total. The molecule has 0 aliphatic carbocycles. The number of cyclic esters (lactones) is 1. The maximum atomic E-state index is 13.6. The van der Waals surface area contributed by atoms with Crippen molar-refractivity contribution >= 4 is 41.7 Å². The van der Waals surface area contributed by atoms with Gasteiger partial charge in [0, 0.05) is 34.2 Å². The molecule has 11 heteroatoms. The number of aryl methyl sites for hydroxylation is 1. The van der Waals surface area contributed by atoms with E-state index in [2.05, 4.69) is 6.92 Å². The van der Waals surface area contributed by atoms with Crippen molar-refractivity contribution in [2.75, 3.05) is 6.79 Å². The third-order valence-corrected chi connectivity index (χ3v) is 7.05. The van der Waals surface area contributed by atoms with E-state index in [4.69, 9.17) is 35.5 Å². The number of rotatable bonds is 4. The van der Waals surface area contributed by atoms with Crippen LogP contribution in [-0.2, 0) is 39.3 Å². The van der Waals surface area contributed by atoms with Crippen molar-refractivity contribution in [1.29, 1.82) is 0 Å². The smallest absolute Gasteiger partial charge is 0.404 e. The van der Waals surface area contributed by atoms with Gasteiger partial charge in [0.05, 0.1) is 29.0 Å². The lowest BCUT2D eigenvalue weighted by molar-refractivity contribution is -0.161. The van der Waals surface area contributed by atoms with Gasteiger partial charge in [-0.2, -0.15) is 0 Å². The molecule has 0 spiro atoms. The van der Waals surface area contributed by atoms with E-state index in [1.165, 1.54) is 7.85 Å².